The number of fused-ring (bicyclic) bond motifs is 1. The Balaban J connectivity index is 2.26. The van der Waals surface area contributed by atoms with E-state index in [1.807, 2.05) is 0 Å². The minimum Gasteiger partial charge on any atom is -0.382 e. The first-order valence-electron chi connectivity index (χ1n) is 6.32. The lowest BCUT2D eigenvalue weighted by Gasteiger charge is -2.08. The van der Waals surface area contributed by atoms with Gasteiger partial charge in [-0.2, -0.15) is 0 Å². The molecule has 4 nitrogen and oxygen atoms in total. The van der Waals surface area contributed by atoms with Crippen molar-refractivity contribution < 1.29 is 4.74 Å². The molecule has 1 atom stereocenters. The van der Waals surface area contributed by atoms with E-state index < -0.39 is 0 Å². The highest BCUT2D eigenvalue weighted by Crippen LogP contribution is 2.18. The monoisotopic (exact) mass is 247 g/mol. The van der Waals surface area contributed by atoms with Crippen molar-refractivity contribution in [2.24, 2.45) is 12.8 Å². The molecule has 1 heterocycles. The summed E-state index contributed by atoms with van der Waals surface area (Å²) in [5.41, 5.74) is 8.96. The number of hydrogen-bond donors (Lipinski definition) is 1. The summed E-state index contributed by atoms with van der Waals surface area (Å²) < 4.78 is 7.42. The first kappa shape index (κ1) is 13.1. The molecule has 0 amide bonds. The van der Waals surface area contributed by atoms with Crippen molar-refractivity contribution in [3.05, 3.63) is 29.6 Å². The van der Waals surface area contributed by atoms with Crippen LogP contribution in [0.15, 0.2) is 18.2 Å². The molecule has 0 aliphatic rings. The summed E-state index contributed by atoms with van der Waals surface area (Å²) in [6.45, 7) is 2.64. The molecule has 4 heteroatoms. The van der Waals surface area contributed by atoms with Gasteiger partial charge in [-0.05, 0) is 31.0 Å². The third-order valence-corrected chi connectivity index (χ3v) is 3.45. The molecular weight excluding hydrogens is 226 g/mol. The SMILES string of the molecule is COC(C)CCc1nc2cc(CN)ccc2n1C. The van der Waals surface area contributed by atoms with Gasteiger partial charge in [0.15, 0.2) is 0 Å². The van der Waals surface area contributed by atoms with Crippen LogP contribution in [0.1, 0.15) is 24.7 Å². The molecule has 2 rings (SSSR count). The summed E-state index contributed by atoms with van der Waals surface area (Å²) in [6.07, 6.45) is 2.18. The van der Waals surface area contributed by atoms with Crippen molar-refractivity contribution in [3.8, 4) is 0 Å². The molecule has 2 N–H and O–H groups in total. The van der Waals surface area contributed by atoms with E-state index >= 15 is 0 Å². The van der Waals surface area contributed by atoms with E-state index in [2.05, 4.69) is 41.7 Å². The Morgan fingerprint density at radius 2 is 2.22 bits per heavy atom. The number of methoxy groups -OCH3 is 1. The molecule has 2 aromatic rings. The summed E-state index contributed by atoms with van der Waals surface area (Å²) in [7, 11) is 3.80. The topological polar surface area (TPSA) is 53.1 Å². The molecule has 0 aliphatic heterocycles. The zero-order valence-electron chi connectivity index (χ0n) is 11.3. The predicted molar refractivity (Wildman–Crippen MR) is 73.4 cm³/mol. The van der Waals surface area contributed by atoms with E-state index in [1.54, 1.807) is 7.11 Å². The standard InChI is InChI=1S/C14H21N3O/c1-10(18-3)4-7-14-16-12-8-11(9-15)5-6-13(12)17(14)2/h5-6,8,10H,4,7,9,15H2,1-3H3. The van der Waals surface area contributed by atoms with Gasteiger partial charge >= 0.3 is 0 Å². The van der Waals surface area contributed by atoms with Gasteiger partial charge in [0.2, 0.25) is 0 Å². The maximum atomic E-state index is 5.65. The third kappa shape index (κ3) is 2.54. The first-order chi connectivity index (χ1) is 8.65. The molecule has 1 unspecified atom stereocenters. The second-order valence-corrected chi connectivity index (χ2v) is 4.70. The number of nitrogens with two attached hydrogens (primary N) is 1. The summed E-state index contributed by atoms with van der Waals surface area (Å²) >= 11 is 0. The molecule has 0 aliphatic carbocycles. The number of benzene rings is 1. The van der Waals surface area contributed by atoms with Gasteiger partial charge in [-0.25, -0.2) is 4.98 Å². The fourth-order valence-electron chi connectivity index (χ4n) is 2.10. The van der Waals surface area contributed by atoms with Crippen LogP contribution in [-0.4, -0.2) is 22.8 Å². The van der Waals surface area contributed by atoms with Gasteiger partial charge < -0.3 is 15.0 Å². The number of hydrogen-bond acceptors (Lipinski definition) is 3. The van der Waals surface area contributed by atoms with Gasteiger partial charge in [0.25, 0.3) is 0 Å². The van der Waals surface area contributed by atoms with E-state index in [1.165, 1.54) is 0 Å². The number of imidazole rings is 1. The molecule has 0 saturated carbocycles. The van der Waals surface area contributed by atoms with E-state index in [-0.39, 0.29) is 6.10 Å². The number of aryl methyl sites for hydroxylation is 2. The Hall–Kier alpha value is -1.39. The number of nitrogens with zero attached hydrogens (tertiary/aromatic N) is 2. The summed E-state index contributed by atoms with van der Waals surface area (Å²) in [6, 6.07) is 6.22. The van der Waals surface area contributed by atoms with E-state index in [0.29, 0.717) is 6.54 Å². The number of aromatic nitrogens is 2. The first-order valence-corrected chi connectivity index (χ1v) is 6.32. The Bertz CT molecular complexity index is 533. The van der Waals surface area contributed by atoms with E-state index in [4.69, 9.17) is 10.5 Å². The van der Waals surface area contributed by atoms with Crippen LogP contribution in [0.3, 0.4) is 0 Å². The van der Waals surface area contributed by atoms with Gasteiger partial charge in [-0.1, -0.05) is 6.07 Å². The number of rotatable bonds is 5. The van der Waals surface area contributed by atoms with E-state index in [9.17, 15) is 0 Å². The Morgan fingerprint density at radius 3 is 2.89 bits per heavy atom. The Labute approximate surface area is 108 Å². The second-order valence-electron chi connectivity index (χ2n) is 4.70. The van der Waals surface area contributed by atoms with Crippen LogP contribution in [-0.2, 0) is 24.8 Å². The van der Waals surface area contributed by atoms with E-state index in [0.717, 1.165) is 35.3 Å². The lowest BCUT2D eigenvalue weighted by Crippen LogP contribution is -2.08. The average molecular weight is 247 g/mol. The fraction of sp³-hybridized carbons (Fsp3) is 0.500. The van der Waals surface area contributed by atoms with Crippen molar-refractivity contribution in [2.45, 2.75) is 32.4 Å². The maximum absolute atomic E-state index is 5.65. The molecule has 0 saturated heterocycles. The molecule has 1 aromatic heterocycles. The summed E-state index contributed by atoms with van der Waals surface area (Å²) in [5.74, 6) is 1.10. The van der Waals surface area contributed by atoms with Gasteiger partial charge in [0.1, 0.15) is 5.82 Å². The Morgan fingerprint density at radius 1 is 1.44 bits per heavy atom. The largest absolute Gasteiger partial charge is 0.382 e. The summed E-state index contributed by atoms with van der Waals surface area (Å²) in [4.78, 5) is 4.68. The zero-order chi connectivity index (χ0) is 13.1. The summed E-state index contributed by atoms with van der Waals surface area (Å²) in [5, 5.41) is 0. The highest BCUT2D eigenvalue weighted by Gasteiger charge is 2.09. The fourth-order valence-corrected chi connectivity index (χ4v) is 2.10. The van der Waals surface area contributed by atoms with Gasteiger partial charge in [0, 0.05) is 27.1 Å². The molecule has 1 aromatic carbocycles. The highest BCUT2D eigenvalue weighted by molar-refractivity contribution is 5.76. The lowest BCUT2D eigenvalue weighted by molar-refractivity contribution is 0.110. The predicted octanol–water partition coefficient (Wildman–Crippen LogP) is 2.00. The Kier molecular flexibility index (Phi) is 3.99. The number of ether oxygens (including phenoxy) is 1. The van der Waals surface area contributed by atoms with Crippen molar-refractivity contribution in [2.75, 3.05) is 7.11 Å². The molecule has 0 bridgehead atoms. The van der Waals surface area contributed by atoms with Crippen molar-refractivity contribution in [3.63, 3.8) is 0 Å². The minimum absolute atomic E-state index is 0.268. The average Bonchev–Trinajstić information content (AvgIpc) is 2.72. The minimum atomic E-state index is 0.268. The molecule has 18 heavy (non-hydrogen) atoms. The molecular formula is C14H21N3O. The van der Waals surface area contributed by atoms with Crippen LogP contribution in [0.5, 0.6) is 0 Å². The van der Waals surface area contributed by atoms with Crippen molar-refractivity contribution in [1.82, 2.24) is 9.55 Å². The van der Waals surface area contributed by atoms with Crippen LogP contribution >= 0.6 is 0 Å². The van der Waals surface area contributed by atoms with Gasteiger partial charge in [-0.15, -0.1) is 0 Å². The quantitative estimate of drug-likeness (QED) is 0.879. The lowest BCUT2D eigenvalue weighted by atomic mass is 10.2. The third-order valence-electron chi connectivity index (χ3n) is 3.45. The van der Waals surface area contributed by atoms with Crippen LogP contribution in [0, 0.1) is 0 Å². The molecule has 0 spiro atoms. The van der Waals surface area contributed by atoms with Crippen LogP contribution in [0.25, 0.3) is 11.0 Å². The van der Waals surface area contributed by atoms with Gasteiger partial charge in [0.05, 0.1) is 17.1 Å². The molecule has 98 valence electrons. The van der Waals surface area contributed by atoms with Gasteiger partial charge in [-0.3, -0.25) is 0 Å². The van der Waals surface area contributed by atoms with Crippen LogP contribution in [0.4, 0.5) is 0 Å². The highest BCUT2D eigenvalue weighted by atomic mass is 16.5. The maximum Gasteiger partial charge on any atom is 0.109 e. The normalized spacial score (nSPS) is 13.1. The smallest absolute Gasteiger partial charge is 0.109 e. The van der Waals surface area contributed by atoms with Crippen molar-refractivity contribution in [1.29, 1.82) is 0 Å². The van der Waals surface area contributed by atoms with Crippen LogP contribution < -0.4 is 5.73 Å². The second kappa shape index (κ2) is 5.50. The van der Waals surface area contributed by atoms with Crippen molar-refractivity contribution >= 4 is 11.0 Å². The van der Waals surface area contributed by atoms with Crippen LogP contribution in [0.2, 0.25) is 0 Å². The molecule has 0 radical (unpaired) electrons. The molecule has 0 fully saturated rings. The zero-order valence-corrected chi connectivity index (χ0v) is 11.3.